The number of rotatable bonds is 7. The monoisotopic (exact) mass is 434 g/mol. The minimum absolute atomic E-state index is 0.0149. The van der Waals surface area contributed by atoms with Gasteiger partial charge in [-0.2, -0.15) is 0 Å². The van der Waals surface area contributed by atoms with Crippen LogP contribution in [0, 0.1) is 23.5 Å². The number of hydrogen-bond donors (Lipinski definition) is 2. The lowest BCUT2D eigenvalue weighted by molar-refractivity contribution is -0.126. The van der Waals surface area contributed by atoms with Crippen molar-refractivity contribution in [3.05, 3.63) is 64.7 Å². The maximum atomic E-state index is 13.4. The van der Waals surface area contributed by atoms with E-state index in [9.17, 15) is 18.4 Å². The van der Waals surface area contributed by atoms with E-state index >= 15 is 0 Å². The molecule has 3 aliphatic carbocycles. The molecular weight excluding hydrogens is 414 g/mol. The Morgan fingerprint density at radius 1 is 1.13 bits per heavy atom. The number of halogens is 3. The summed E-state index contributed by atoms with van der Waals surface area (Å²) in [5.74, 6) is -1.07. The zero-order valence-corrected chi connectivity index (χ0v) is 16.8. The fourth-order valence-electron chi connectivity index (χ4n) is 4.46. The summed E-state index contributed by atoms with van der Waals surface area (Å²) in [5, 5.41) is 5.82. The second-order valence-electron chi connectivity index (χ2n) is 8.02. The fraction of sp³-hybridized carbons (Fsp3) is 0.364. The van der Waals surface area contributed by atoms with Crippen LogP contribution in [0.3, 0.4) is 0 Å². The van der Waals surface area contributed by atoms with Gasteiger partial charge in [0.05, 0.1) is 5.02 Å². The van der Waals surface area contributed by atoms with Crippen molar-refractivity contribution in [2.24, 2.45) is 11.8 Å². The van der Waals surface area contributed by atoms with Gasteiger partial charge >= 0.3 is 0 Å². The number of fused-ring (bicyclic) bond motifs is 1. The molecule has 0 radical (unpaired) electrons. The molecule has 2 N–H and O–H groups in total. The molecule has 0 saturated heterocycles. The third kappa shape index (κ3) is 4.41. The van der Waals surface area contributed by atoms with Gasteiger partial charge in [-0.25, -0.2) is 8.78 Å². The summed E-state index contributed by atoms with van der Waals surface area (Å²) in [6.45, 7) is 0.0224. The van der Waals surface area contributed by atoms with E-state index < -0.39 is 11.4 Å². The standard InChI is InChI=1S/C22H21ClF2N2O3/c23-18-5-4-16(7-19(18)25)30-12-20(28)27-22-8-14(9-22)17(10-22)21(29)26-11-13-2-1-3-15(24)6-13/h1-7,14,17H,8-12H2,(H,26,29)(H,27,28). The molecule has 0 heterocycles. The van der Waals surface area contributed by atoms with Gasteiger partial charge in [0, 0.05) is 24.1 Å². The number of carbonyl (C=O) groups is 2. The van der Waals surface area contributed by atoms with E-state index in [4.69, 9.17) is 16.3 Å². The SMILES string of the molecule is O=C(COc1ccc(Cl)c(F)c1)NC12CC(C1)C(C(=O)NCc1cccc(F)c1)C2. The highest BCUT2D eigenvalue weighted by Gasteiger charge is 2.58. The molecule has 1 atom stereocenters. The van der Waals surface area contributed by atoms with E-state index in [1.165, 1.54) is 24.3 Å². The number of hydrogen-bond acceptors (Lipinski definition) is 3. The molecule has 2 aromatic carbocycles. The Labute approximate surface area is 177 Å². The summed E-state index contributed by atoms with van der Waals surface area (Å²) in [5.41, 5.74) is 0.310. The maximum Gasteiger partial charge on any atom is 0.258 e. The minimum atomic E-state index is -0.613. The van der Waals surface area contributed by atoms with Crippen molar-refractivity contribution in [3.8, 4) is 5.75 Å². The van der Waals surface area contributed by atoms with Crippen LogP contribution >= 0.6 is 11.6 Å². The number of carbonyl (C=O) groups excluding carboxylic acids is 2. The van der Waals surface area contributed by atoms with E-state index in [-0.39, 0.29) is 53.4 Å². The first kappa shape index (κ1) is 20.6. The molecule has 2 bridgehead atoms. The summed E-state index contributed by atoms with van der Waals surface area (Å²) in [7, 11) is 0. The highest BCUT2D eigenvalue weighted by atomic mass is 35.5. The smallest absolute Gasteiger partial charge is 0.258 e. The Hall–Kier alpha value is -2.67. The topological polar surface area (TPSA) is 67.4 Å². The van der Waals surface area contributed by atoms with Crippen LogP contribution in [0.4, 0.5) is 8.78 Å². The van der Waals surface area contributed by atoms with Crippen molar-refractivity contribution in [1.29, 1.82) is 0 Å². The van der Waals surface area contributed by atoms with Gasteiger partial charge in [-0.1, -0.05) is 23.7 Å². The Morgan fingerprint density at radius 3 is 2.67 bits per heavy atom. The third-order valence-corrected chi connectivity index (χ3v) is 6.15. The van der Waals surface area contributed by atoms with Gasteiger partial charge in [0.2, 0.25) is 5.91 Å². The predicted molar refractivity (Wildman–Crippen MR) is 107 cm³/mol. The second-order valence-corrected chi connectivity index (χ2v) is 8.43. The summed E-state index contributed by atoms with van der Waals surface area (Å²) in [6.07, 6.45) is 2.05. The molecule has 30 heavy (non-hydrogen) atoms. The quantitative estimate of drug-likeness (QED) is 0.699. The zero-order chi connectivity index (χ0) is 21.3. The molecule has 3 aliphatic rings. The first-order valence-corrected chi connectivity index (χ1v) is 10.1. The van der Waals surface area contributed by atoms with Gasteiger partial charge in [-0.15, -0.1) is 0 Å². The lowest BCUT2D eigenvalue weighted by atomic mass is 9.76. The van der Waals surface area contributed by atoms with Crippen LogP contribution < -0.4 is 15.4 Å². The molecule has 3 saturated carbocycles. The number of ether oxygens (including phenoxy) is 1. The molecule has 158 valence electrons. The van der Waals surface area contributed by atoms with Crippen LogP contribution in [-0.2, 0) is 16.1 Å². The van der Waals surface area contributed by atoms with E-state index in [2.05, 4.69) is 10.6 Å². The van der Waals surface area contributed by atoms with Crippen molar-refractivity contribution < 1.29 is 23.1 Å². The summed E-state index contributed by atoms with van der Waals surface area (Å²) >= 11 is 5.62. The van der Waals surface area contributed by atoms with E-state index in [0.717, 1.165) is 18.9 Å². The molecule has 8 heteroatoms. The lowest BCUT2D eigenvalue weighted by Crippen LogP contribution is -2.53. The fourth-order valence-corrected chi connectivity index (χ4v) is 4.57. The number of nitrogens with one attached hydrogen (secondary N) is 2. The van der Waals surface area contributed by atoms with Gasteiger partial charge in [0.1, 0.15) is 17.4 Å². The molecule has 2 aromatic rings. The lowest BCUT2D eigenvalue weighted by Gasteiger charge is -2.39. The highest BCUT2D eigenvalue weighted by Crippen LogP contribution is 2.55. The Morgan fingerprint density at radius 2 is 1.93 bits per heavy atom. The molecule has 5 nitrogen and oxygen atoms in total. The Balaban J connectivity index is 1.25. The first-order valence-electron chi connectivity index (χ1n) is 9.75. The van der Waals surface area contributed by atoms with Crippen LogP contribution in [0.2, 0.25) is 5.02 Å². The maximum absolute atomic E-state index is 13.4. The van der Waals surface area contributed by atoms with Crippen molar-refractivity contribution >= 4 is 23.4 Å². The molecule has 0 aliphatic heterocycles. The molecular formula is C22H21ClF2N2O3. The predicted octanol–water partition coefficient (Wildman–Crippen LogP) is 3.60. The highest BCUT2D eigenvalue weighted by molar-refractivity contribution is 6.30. The van der Waals surface area contributed by atoms with E-state index in [1.54, 1.807) is 12.1 Å². The van der Waals surface area contributed by atoms with E-state index in [1.807, 2.05) is 0 Å². The van der Waals surface area contributed by atoms with Gasteiger partial charge < -0.3 is 15.4 Å². The molecule has 5 rings (SSSR count). The average Bonchev–Trinajstić information content (AvgIpc) is 3.23. The van der Waals surface area contributed by atoms with Crippen LogP contribution in [0.1, 0.15) is 24.8 Å². The van der Waals surface area contributed by atoms with Gasteiger partial charge in [0.15, 0.2) is 6.61 Å². The molecule has 0 aromatic heterocycles. The van der Waals surface area contributed by atoms with Gasteiger partial charge in [0.25, 0.3) is 5.91 Å². The van der Waals surface area contributed by atoms with Gasteiger partial charge in [-0.3, -0.25) is 9.59 Å². The summed E-state index contributed by atoms with van der Waals surface area (Å²) in [4.78, 5) is 24.8. The van der Waals surface area contributed by atoms with Crippen molar-refractivity contribution in [1.82, 2.24) is 10.6 Å². The number of amides is 2. The summed E-state index contributed by atoms with van der Waals surface area (Å²) < 4.78 is 32.0. The van der Waals surface area contributed by atoms with Crippen LogP contribution in [0.25, 0.3) is 0 Å². The normalized spacial score (nSPS) is 24.1. The molecule has 2 amide bonds. The number of benzene rings is 2. The third-order valence-electron chi connectivity index (χ3n) is 5.84. The molecule has 3 fully saturated rings. The first-order chi connectivity index (χ1) is 14.3. The van der Waals surface area contributed by atoms with E-state index in [0.29, 0.717) is 12.0 Å². The Bertz CT molecular complexity index is 979. The average molecular weight is 435 g/mol. The zero-order valence-electron chi connectivity index (χ0n) is 16.1. The van der Waals surface area contributed by atoms with Crippen molar-refractivity contribution in [2.75, 3.05) is 6.61 Å². The van der Waals surface area contributed by atoms with Crippen molar-refractivity contribution in [2.45, 2.75) is 31.3 Å². The minimum Gasteiger partial charge on any atom is -0.484 e. The Kier molecular flexibility index (Phi) is 5.64. The molecule has 0 spiro atoms. The van der Waals surface area contributed by atoms with Crippen LogP contribution in [0.15, 0.2) is 42.5 Å². The van der Waals surface area contributed by atoms with Crippen LogP contribution in [-0.4, -0.2) is 24.0 Å². The van der Waals surface area contributed by atoms with Crippen LogP contribution in [0.5, 0.6) is 5.75 Å². The summed E-state index contributed by atoms with van der Waals surface area (Å²) in [6, 6.07) is 10.1. The van der Waals surface area contributed by atoms with Crippen molar-refractivity contribution in [3.63, 3.8) is 0 Å². The largest absolute Gasteiger partial charge is 0.484 e. The van der Waals surface area contributed by atoms with Gasteiger partial charge in [-0.05, 0) is 55.0 Å². The molecule has 1 unspecified atom stereocenters. The second kappa shape index (κ2) is 8.22.